The molecule has 0 saturated carbocycles. The van der Waals surface area contributed by atoms with Gasteiger partial charge >= 0.3 is 0 Å². The quantitative estimate of drug-likeness (QED) is 0.509. The molecule has 7 heteroatoms. The standard InChI is InChI=1S/C25H24FN3O2S/c1-17-11-13-28(14-12-17)23(30)21(16-27)25-29(20-5-3-2-4-6-20)24(31)22(32-25)15-18-7-9-19(26)10-8-18/h2-10,17,22H,11-15H2,1H3/b25-21-. The first kappa shape index (κ1) is 22.1. The Morgan fingerprint density at radius 1 is 1.12 bits per heavy atom. The number of carbonyl (C=O) groups is 2. The van der Waals surface area contributed by atoms with Crippen molar-refractivity contribution in [3.05, 3.63) is 76.6 Å². The average Bonchev–Trinajstić information content (AvgIpc) is 3.12. The molecule has 1 atom stereocenters. The summed E-state index contributed by atoms with van der Waals surface area (Å²) in [5, 5.41) is 9.82. The van der Waals surface area contributed by atoms with Crippen molar-refractivity contribution in [1.82, 2.24) is 4.90 Å². The van der Waals surface area contributed by atoms with Gasteiger partial charge in [-0.25, -0.2) is 4.39 Å². The molecule has 0 radical (unpaired) electrons. The summed E-state index contributed by atoms with van der Waals surface area (Å²) in [7, 11) is 0. The van der Waals surface area contributed by atoms with Gasteiger partial charge < -0.3 is 4.90 Å². The highest BCUT2D eigenvalue weighted by molar-refractivity contribution is 8.05. The molecule has 2 aliphatic heterocycles. The van der Waals surface area contributed by atoms with E-state index in [9.17, 15) is 19.2 Å². The fourth-order valence-corrected chi connectivity index (χ4v) is 5.30. The summed E-state index contributed by atoms with van der Waals surface area (Å²) in [5.41, 5.74) is 1.44. The van der Waals surface area contributed by atoms with Gasteiger partial charge in [-0.05, 0) is 55.0 Å². The molecule has 2 amide bonds. The lowest BCUT2D eigenvalue weighted by atomic mass is 9.99. The second kappa shape index (κ2) is 9.58. The van der Waals surface area contributed by atoms with Gasteiger partial charge in [-0.15, -0.1) is 0 Å². The maximum absolute atomic E-state index is 13.4. The van der Waals surface area contributed by atoms with E-state index in [1.165, 1.54) is 28.8 Å². The number of para-hydroxylation sites is 1. The van der Waals surface area contributed by atoms with E-state index in [0.29, 0.717) is 36.1 Å². The zero-order valence-electron chi connectivity index (χ0n) is 17.8. The summed E-state index contributed by atoms with van der Waals surface area (Å²) in [6, 6.07) is 17.2. The Morgan fingerprint density at radius 3 is 2.41 bits per heavy atom. The number of piperidine rings is 1. The predicted molar refractivity (Wildman–Crippen MR) is 123 cm³/mol. The molecule has 5 nitrogen and oxygen atoms in total. The molecule has 2 aromatic rings. The number of benzene rings is 2. The molecular formula is C25H24FN3O2S. The summed E-state index contributed by atoms with van der Waals surface area (Å²) in [5.74, 6) is -0.286. The Kier molecular flexibility index (Phi) is 6.61. The van der Waals surface area contributed by atoms with Crippen LogP contribution in [-0.2, 0) is 16.0 Å². The van der Waals surface area contributed by atoms with Crippen LogP contribution in [0.2, 0.25) is 0 Å². The number of nitriles is 1. The molecule has 2 fully saturated rings. The van der Waals surface area contributed by atoms with Crippen LogP contribution in [-0.4, -0.2) is 35.1 Å². The van der Waals surface area contributed by atoms with Gasteiger partial charge in [0.1, 0.15) is 22.5 Å². The van der Waals surface area contributed by atoms with Gasteiger partial charge in [-0.3, -0.25) is 14.5 Å². The third-order valence-corrected chi connectivity index (χ3v) is 7.17. The van der Waals surface area contributed by atoms with Crippen LogP contribution in [0.1, 0.15) is 25.3 Å². The first-order valence-corrected chi connectivity index (χ1v) is 11.6. The highest BCUT2D eigenvalue weighted by Crippen LogP contribution is 2.42. The van der Waals surface area contributed by atoms with Crippen molar-refractivity contribution in [1.29, 1.82) is 5.26 Å². The summed E-state index contributed by atoms with van der Waals surface area (Å²) < 4.78 is 13.3. The van der Waals surface area contributed by atoms with E-state index in [4.69, 9.17) is 0 Å². The predicted octanol–water partition coefficient (Wildman–Crippen LogP) is 4.51. The minimum atomic E-state index is -0.506. The Morgan fingerprint density at radius 2 is 1.78 bits per heavy atom. The van der Waals surface area contributed by atoms with Gasteiger partial charge in [0.15, 0.2) is 0 Å². The molecule has 0 aromatic heterocycles. The smallest absolute Gasteiger partial charge is 0.267 e. The van der Waals surface area contributed by atoms with Crippen molar-refractivity contribution in [3.63, 3.8) is 0 Å². The van der Waals surface area contributed by atoms with E-state index >= 15 is 0 Å². The SMILES string of the molecule is CC1CCN(C(=O)/C(C#N)=C2\SC(Cc3ccc(F)cc3)C(=O)N2c2ccccc2)CC1. The number of hydrogen-bond acceptors (Lipinski definition) is 4. The third-order valence-electron chi connectivity index (χ3n) is 5.91. The zero-order chi connectivity index (χ0) is 22.7. The number of hydrogen-bond donors (Lipinski definition) is 0. The Labute approximate surface area is 191 Å². The topological polar surface area (TPSA) is 64.4 Å². The van der Waals surface area contributed by atoms with Gasteiger partial charge in [0.05, 0.1) is 5.25 Å². The van der Waals surface area contributed by atoms with Crippen LogP contribution >= 0.6 is 11.8 Å². The summed E-state index contributed by atoms with van der Waals surface area (Å²) in [4.78, 5) is 29.9. The van der Waals surface area contributed by atoms with E-state index in [0.717, 1.165) is 18.4 Å². The molecule has 2 aromatic carbocycles. The number of rotatable bonds is 4. The van der Waals surface area contributed by atoms with Crippen LogP contribution in [0.4, 0.5) is 10.1 Å². The number of thioether (sulfide) groups is 1. The molecule has 4 rings (SSSR count). The van der Waals surface area contributed by atoms with Gasteiger partial charge in [0, 0.05) is 18.8 Å². The van der Waals surface area contributed by atoms with Crippen LogP contribution in [0.3, 0.4) is 0 Å². The van der Waals surface area contributed by atoms with E-state index in [1.54, 1.807) is 29.2 Å². The lowest BCUT2D eigenvalue weighted by Crippen LogP contribution is -2.39. The second-order valence-electron chi connectivity index (χ2n) is 8.21. The van der Waals surface area contributed by atoms with E-state index < -0.39 is 5.25 Å². The summed E-state index contributed by atoms with van der Waals surface area (Å²) >= 11 is 1.24. The van der Waals surface area contributed by atoms with E-state index in [2.05, 4.69) is 13.0 Å². The lowest BCUT2D eigenvalue weighted by molar-refractivity contribution is -0.128. The number of anilines is 1. The Hall–Kier alpha value is -3.11. The first-order chi connectivity index (χ1) is 15.5. The van der Waals surface area contributed by atoms with Crippen molar-refractivity contribution in [3.8, 4) is 6.07 Å². The van der Waals surface area contributed by atoms with Crippen molar-refractivity contribution in [2.24, 2.45) is 5.92 Å². The fourth-order valence-electron chi connectivity index (χ4n) is 3.99. The zero-order valence-corrected chi connectivity index (χ0v) is 18.6. The highest BCUT2D eigenvalue weighted by atomic mass is 32.2. The highest BCUT2D eigenvalue weighted by Gasteiger charge is 2.41. The van der Waals surface area contributed by atoms with Crippen molar-refractivity contribution >= 4 is 29.3 Å². The number of carbonyl (C=O) groups excluding carboxylic acids is 2. The molecule has 2 aliphatic rings. The average molecular weight is 450 g/mol. The van der Waals surface area contributed by atoms with Gasteiger partial charge in [0.2, 0.25) is 5.91 Å². The van der Waals surface area contributed by atoms with Crippen molar-refractivity contribution < 1.29 is 14.0 Å². The van der Waals surface area contributed by atoms with Gasteiger partial charge in [-0.2, -0.15) is 5.26 Å². The van der Waals surface area contributed by atoms with Crippen molar-refractivity contribution in [2.75, 3.05) is 18.0 Å². The largest absolute Gasteiger partial charge is 0.338 e. The van der Waals surface area contributed by atoms with Crippen LogP contribution in [0, 0.1) is 23.1 Å². The molecule has 0 bridgehead atoms. The van der Waals surface area contributed by atoms with Gasteiger partial charge in [-0.1, -0.05) is 49.0 Å². The lowest BCUT2D eigenvalue weighted by Gasteiger charge is -2.30. The molecular weight excluding hydrogens is 425 g/mol. The van der Waals surface area contributed by atoms with Crippen LogP contribution in [0.15, 0.2) is 65.2 Å². The number of halogens is 1. The molecule has 0 spiro atoms. The Bertz CT molecular complexity index is 1070. The van der Waals surface area contributed by atoms with Crippen LogP contribution in [0.25, 0.3) is 0 Å². The van der Waals surface area contributed by atoms with Crippen LogP contribution in [0.5, 0.6) is 0 Å². The van der Waals surface area contributed by atoms with E-state index in [-0.39, 0.29) is 23.2 Å². The number of nitrogens with zero attached hydrogens (tertiary/aromatic N) is 3. The third kappa shape index (κ3) is 4.56. The minimum Gasteiger partial charge on any atom is -0.338 e. The maximum atomic E-state index is 13.4. The summed E-state index contributed by atoms with van der Waals surface area (Å²) in [6.45, 7) is 3.39. The van der Waals surface area contributed by atoms with Gasteiger partial charge in [0.25, 0.3) is 5.91 Å². The number of likely N-dealkylation sites (tertiary alicyclic amines) is 1. The molecule has 2 heterocycles. The second-order valence-corrected chi connectivity index (χ2v) is 9.40. The van der Waals surface area contributed by atoms with Crippen molar-refractivity contribution in [2.45, 2.75) is 31.4 Å². The minimum absolute atomic E-state index is 0.00311. The first-order valence-electron chi connectivity index (χ1n) is 10.7. The molecule has 164 valence electrons. The van der Waals surface area contributed by atoms with E-state index in [1.807, 2.05) is 18.2 Å². The monoisotopic (exact) mass is 449 g/mol. The molecule has 1 unspecified atom stereocenters. The summed E-state index contributed by atoms with van der Waals surface area (Å²) in [6.07, 6.45) is 2.19. The molecule has 0 N–H and O–H groups in total. The number of amides is 2. The Balaban J connectivity index is 1.69. The van der Waals surface area contributed by atoms with Crippen LogP contribution < -0.4 is 4.90 Å². The fraction of sp³-hybridized carbons (Fsp3) is 0.320. The molecule has 32 heavy (non-hydrogen) atoms. The molecule has 0 aliphatic carbocycles. The normalized spacial score (nSPS) is 20.9. The maximum Gasteiger partial charge on any atom is 0.267 e. The molecule has 2 saturated heterocycles.